The second kappa shape index (κ2) is 5.39. The van der Waals surface area contributed by atoms with Gasteiger partial charge in [-0.3, -0.25) is 9.47 Å². The quantitative estimate of drug-likeness (QED) is 0.709. The Bertz CT molecular complexity index is 767. The molecule has 8 nitrogen and oxygen atoms in total. The Hall–Kier alpha value is -2.45. The van der Waals surface area contributed by atoms with Crippen molar-refractivity contribution in [3.05, 3.63) is 36.9 Å². The van der Waals surface area contributed by atoms with Crippen LogP contribution in [-0.4, -0.2) is 56.3 Å². The van der Waals surface area contributed by atoms with Gasteiger partial charge in [-0.05, 0) is 12.1 Å². The molecule has 0 saturated heterocycles. The van der Waals surface area contributed by atoms with Crippen LogP contribution in [0.15, 0.2) is 36.9 Å². The molecule has 0 fully saturated rings. The second-order valence-corrected chi connectivity index (χ2v) is 5.24. The van der Waals surface area contributed by atoms with E-state index in [9.17, 15) is 0 Å². The average Bonchev–Trinajstić information content (AvgIpc) is 3.20. The lowest BCUT2D eigenvalue weighted by Gasteiger charge is -2.36. The van der Waals surface area contributed by atoms with Crippen molar-refractivity contribution in [1.82, 2.24) is 29.3 Å². The molecule has 0 amide bonds. The SMILES string of the molecule is COCCN1CN(n2cnnc2)c2nc3ccccc3n2C1. The van der Waals surface area contributed by atoms with Crippen molar-refractivity contribution in [2.24, 2.45) is 0 Å². The third-order valence-corrected chi connectivity index (χ3v) is 3.84. The summed E-state index contributed by atoms with van der Waals surface area (Å²) in [5, 5.41) is 9.86. The van der Waals surface area contributed by atoms with E-state index >= 15 is 0 Å². The number of ether oxygens (including phenoxy) is 1. The minimum absolute atomic E-state index is 0.692. The summed E-state index contributed by atoms with van der Waals surface area (Å²) >= 11 is 0. The summed E-state index contributed by atoms with van der Waals surface area (Å²) in [4.78, 5) is 7.06. The molecule has 8 heteroatoms. The average molecular weight is 299 g/mol. The van der Waals surface area contributed by atoms with Crippen molar-refractivity contribution in [3.63, 3.8) is 0 Å². The van der Waals surface area contributed by atoms with Crippen molar-refractivity contribution in [2.75, 3.05) is 31.9 Å². The summed E-state index contributed by atoms with van der Waals surface area (Å²) in [6, 6.07) is 8.17. The number of anilines is 1. The van der Waals surface area contributed by atoms with E-state index in [2.05, 4.69) is 30.7 Å². The van der Waals surface area contributed by atoms with Gasteiger partial charge in [0, 0.05) is 13.7 Å². The van der Waals surface area contributed by atoms with Gasteiger partial charge >= 0.3 is 0 Å². The molecular weight excluding hydrogens is 282 g/mol. The van der Waals surface area contributed by atoms with E-state index in [0.29, 0.717) is 13.3 Å². The first-order valence-corrected chi connectivity index (χ1v) is 7.16. The molecule has 0 N–H and O–H groups in total. The lowest BCUT2D eigenvalue weighted by molar-refractivity contribution is 0.118. The lowest BCUT2D eigenvalue weighted by atomic mass is 10.3. The van der Waals surface area contributed by atoms with E-state index in [1.807, 2.05) is 22.9 Å². The van der Waals surface area contributed by atoms with Crippen LogP contribution in [0.2, 0.25) is 0 Å². The van der Waals surface area contributed by atoms with Gasteiger partial charge in [0.15, 0.2) is 0 Å². The van der Waals surface area contributed by atoms with Gasteiger partial charge in [0.1, 0.15) is 12.7 Å². The largest absolute Gasteiger partial charge is 0.383 e. The monoisotopic (exact) mass is 299 g/mol. The summed E-state index contributed by atoms with van der Waals surface area (Å²) in [6.45, 7) is 3.04. The molecular formula is C14H17N7O. The highest BCUT2D eigenvalue weighted by molar-refractivity contribution is 5.78. The molecule has 0 unspecified atom stereocenters. The summed E-state index contributed by atoms with van der Waals surface area (Å²) in [5.41, 5.74) is 2.11. The first-order chi connectivity index (χ1) is 10.9. The number of nitrogens with zero attached hydrogens (tertiary/aromatic N) is 7. The molecule has 0 aliphatic carbocycles. The third kappa shape index (κ3) is 2.13. The van der Waals surface area contributed by atoms with Crippen molar-refractivity contribution < 1.29 is 4.74 Å². The zero-order valence-corrected chi connectivity index (χ0v) is 12.3. The van der Waals surface area contributed by atoms with Crippen LogP contribution in [0.4, 0.5) is 5.95 Å². The topological polar surface area (TPSA) is 64.2 Å². The predicted octanol–water partition coefficient (Wildman–Crippen LogP) is 0.774. The highest BCUT2D eigenvalue weighted by Crippen LogP contribution is 2.26. The number of benzene rings is 1. The van der Waals surface area contributed by atoms with Crippen LogP contribution in [0, 0.1) is 0 Å². The van der Waals surface area contributed by atoms with Gasteiger partial charge in [-0.15, -0.1) is 10.2 Å². The van der Waals surface area contributed by atoms with Gasteiger partial charge in [-0.1, -0.05) is 12.1 Å². The van der Waals surface area contributed by atoms with Crippen molar-refractivity contribution in [3.8, 4) is 0 Å². The summed E-state index contributed by atoms with van der Waals surface area (Å²) < 4.78 is 9.27. The maximum Gasteiger partial charge on any atom is 0.228 e. The number of hydrogen-bond donors (Lipinski definition) is 0. The number of imidazole rings is 1. The number of hydrogen-bond acceptors (Lipinski definition) is 6. The summed E-state index contributed by atoms with van der Waals surface area (Å²) in [6.07, 6.45) is 3.37. The Morgan fingerprint density at radius 2 is 1.95 bits per heavy atom. The number of para-hydroxylation sites is 2. The standard InChI is InChI=1S/C14H17N7O/c1-22-7-6-18-10-20-13-5-3-2-4-12(13)17-14(20)21(11-18)19-8-15-16-9-19/h2-5,8-9H,6-7,10-11H2,1H3. The number of rotatable bonds is 4. The molecule has 1 aromatic carbocycles. The van der Waals surface area contributed by atoms with E-state index in [0.717, 1.165) is 30.2 Å². The normalized spacial score (nSPS) is 15.4. The van der Waals surface area contributed by atoms with Crippen LogP contribution < -0.4 is 5.01 Å². The Balaban J connectivity index is 1.79. The van der Waals surface area contributed by atoms with Crippen molar-refractivity contribution in [2.45, 2.75) is 6.67 Å². The van der Waals surface area contributed by atoms with Gasteiger partial charge in [-0.25, -0.2) is 14.7 Å². The van der Waals surface area contributed by atoms with Gasteiger partial charge in [-0.2, -0.15) is 0 Å². The molecule has 1 aliphatic rings. The minimum Gasteiger partial charge on any atom is -0.383 e. The fourth-order valence-corrected chi connectivity index (χ4v) is 2.75. The molecule has 0 saturated carbocycles. The molecule has 0 atom stereocenters. The highest BCUT2D eigenvalue weighted by Gasteiger charge is 2.26. The van der Waals surface area contributed by atoms with E-state index < -0.39 is 0 Å². The molecule has 0 spiro atoms. The molecule has 0 bridgehead atoms. The fourth-order valence-electron chi connectivity index (χ4n) is 2.75. The first-order valence-electron chi connectivity index (χ1n) is 7.16. The van der Waals surface area contributed by atoms with Crippen LogP contribution in [0.25, 0.3) is 11.0 Å². The summed E-state index contributed by atoms with van der Waals surface area (Å²) in [7, 11) is 1.72. The van der Waals surface area contributed by atoms with Crippen LogP contribution >= 0.6 is 0 Å². The maximum absolute atomic E-state index is 5.21. The maximum atomic E-state index is 5.21. The minimum atomic E-state index is 0.692. The second-order valence-electron chi connectivity index (χ2n) is 5.24. The zero-order valence-electron chi connectivity index (χ0n) is 12.3. The van der Waals surface area contributed by atoms with Gasteiger partial charge in [0.2, 0.25) is 5.95 Å². The molecule has 2 aromatic heterocycles. The molecule has 114 valence electrons. The molecule has 3 aromatic rings. The zero-order chi connectivity index (χ0) is 14.9. The van der Waals surface area contributed by atoms with E-state index in [1.165, 1.54) is 0 Å². The third-order valence-electron chi connectivity index (χ3n) is 3.84. The molecule has 0 radical (unpaired) electrons. The van der Waals surface area contributed by atoms with Crippen LogP contribution in [-0.2, 0) is 11.4 Å². The highest BCUT2D eigenvalue weighted by atomic mass is 16.5. The fraction of sp³-hybridized carbons (Fsp3) is 0.357. The Morgan fingerprint density at radius 3 is 2.77 bits per heavy atom. The van der Waals surface area contributed by atoms with Gasteiger partial charge < -0.3 is 4.74 Å². The molecule has 3 heterocycles. The van der Waals surface area contributed by atoms with Crippen molar-refractivity contribution >= 4 is 17.0 Å². The van der Waals surface area contributed by atoms with Crippen molar-refractivity contribution in [1.29, 1.82) is 0 Å². The Kier molecular flexibility index (Phi) is 3.24. The van der Waals surface area contributed by atoms with Crippen LogP contribution in [0.5, 0.6) is 0 Å². The van der Waals surface area contributed by atoms with E-state index in [-0.39, 0.29) is 0 Å². The van der Waals surface area contributed by atoms with Gasteiger partial charge in [0.05, 0.1) is 31.0 Å². The summed E-state index contributed by atoms with van der Waals surface area (Å²) in [5.74, 6) is 0.898. The Labute approximate surface area is 127 Å². The molecule has 22 heavy (non-hydrogen) atoms. The first kappa shape index (κ1) is 13.2. The van der Waals surface area contributed by atoms with Crippen LogP contribution in [0.3, 0.4) is 0 Å². The predicted molar refractivity (Wildman–Crippen MR) is 81.1 cm³/mol. The van der Waals surface area contributed by atoms with E-state index in [1.54, 1.807) is 19.8 Å². The Morgan fingerprint density at radius 1 is 1.14 bits per heavy atom. The molecule has 4 rings (SSSR count). The smallest absolute Gasteiger partial charge is 0.228 e. The molecule has 1 aliphatic heterocycles. The number of fused-ring (bicyclic) bond motifs is 3. The van der Waals surface area contributed by atoms with Gasteiger partial charge in [0.25, 0.3) is 0 Å². The van der Waals surface area contributed by atoms with E-state index in [4.69, 9.17) is 9.72 Å². The lowest BCUT2D eigenvalue weighted by Crippen LogP contribution is -2.48. The number of aromatic nitrogens is 5. The van der Waals surface area contributed by atoms with Crippen LogP contribution in [0.1, 0.15) is 0 Å². The number of methoxy groups -OCH3 is 1.